The van der Waals surface area contributed by atoms with E-state index in [1.165, 1.54) is 0 Å². The normalized spacial score (nSPS) is 14.6. The number of aliphatic hydroxyl groups is 2. The summed E-state index contributed by atoms with van der Waals surface area (Å²) in [5.41, 5.74) is 1.82. The van der Waals surface area contributed by atoms with Gasteiger partial charge in [-0.15, -0.1) is 0 Å². The number of rotatable bonds is 17. The van der Waals surface area contributed by atoms with Crippen LogP contribution >= 0.6 is 0 Å². The van der Waals surface area contributed by atoms with Gasteiger partial charge in [-0.05, 0) is 56.2 Å². The number of aliphatic hydroxyl groups excluding tert-OH is 2. The van der Waals surface area contributed by atoms with E-state index >= 15 is 0 Å². The van der Waals surface area contributed by atoms with E-state index in [-0.39, 0.29) is 32.0 Å². The molecule has 3 aromatic rings. The van der Waals surface area contributed by atoms with Crippen LogP contribution in [0.4, 0.5) is 9.59 Å². The number of nitrogens with zero attached hydrogens (tertiary/aromatic N) is 1. The number of nitrogens with one attached hydrogen (secondary N) is 3. The fourth-order valence-corrected chi connectivity index (χ4v) is 5.56. The first-order valence-corrected chi connectivity index (χ1v) is 16.7. The number of alkyl carbamates (subject to hydrolysis) is 1. The summed E-state index contributed by atoms with van der Waals surface area (Å²) in [6, 6.07) is 25.4. The van der Waals surface area contributed by atoms with Crippen LogP contribution in [-0.2, 0) is 28.9 Å². The number of carbonyl (C=O) groups is 3. The van der Waals surface area contributed by atoms with E-state index in [0.717, 1.165) is 21.6 Å². The van der Waals surface area contributed by atoms with E-state index < -0.39 is 54.0 Å². The summed E-state index contributed by atoms with van der Waals surface area (Å²) in [7, 11) is 0. The maximum Gasteiger partial charge on any atom is 0.408 e. The van der Waals surface area contributed by atoms with Crippen molar-refractivity contribution in [1.82, 2.24) is 20.9 Å². The minimum absolute atomic E-state index is 0.00165. The van der Waals surface area contributed by atoms with Gasteiger partial charge in [0.05, 0.1) is 24.3 Å². The Morgan fingerprint density at radius 3 is 1.55 bits per heavy atom. The molecule has 11 heteroatoms. The Labute approximate surface area is 289 Å². The van der Waals surface area contributed by atoms with Crippen LogP contribution in [0.25, 0.3) is 0 Å². The molecule has 11 nitrogen and oxygen atoms in total. The molecule has 0 bridgehead atoms. The molecular weight excluding hydrogens is 624 g/mol. The van der Waals surface area contributed by atoms with E-state index in [1.54, 1.807) is 46.8 Å². The highest BCUT2D eigenvalue weighted by molar-refractivity contribution is 5.86. The van der Waals surface area contributed by atoms with Crippen molar-refractivity contribution >= 4 is 18.1 Å². The first-order valence-electron chi connectivity index (χ1n) is 16.7. The quantitative estimate of drug-likeness (QED) is 0.123. The Morgan fingerprint density at radius 2 is 1.14 bits per heavy atom. The molecule has 0 aliphatic rings. The van der Waals surface area contributed by atoms with Crippen molar-refractivity contribution in [3.63, 3.8) is 0 Å². The van der Waals surface area contributed by atoms with Gasteiger partial charge in [0, 0.05) is 19.6 Å². The lowest BCUT2D eigenvalue weighted by Gasteiger charge is -2.34. The number of carbonyl (C=O) groups excluding carboxylic acids is 2. The average molecular weight is 677 g/mol. The zero-order chi connectivity index (χ0) is 36.0. The second kappa shape index (κ2) is 18.9. The molecule has 0 aliphatic heterocycles. The molecule has 266 valence electrons. The van der Waals surface area contributed by atoms with Crippen molar-refractivity contribution < 1.29 is 34.4 Å². The molecule has 0 heterocycles. The monoisotopic (exact) mass is 676 g/mol. The van der Waals surface area contributed by atoms with Crippen LogP contribution in [0, 0.1) is 5.92 Å². The highest BCUT2D eigenvalue weighted by Gasteiger charge is 2.35. The maximum atomic E-state index is 13.8. The molecule has 6 N–H and O–H groups in total. The summed E-state index contributed by atoms with van der Waals surface area (Å²) < 4.78 is 5.42. The number of hydrogen-bond acceptors (Lipinski definition) is 7. The second-order valence-electron chi connectivity index (χ2n) is 13.6. The lowest BCUT2D eigenvalue weighted by molar-refractivity contribution is -0.129. The number of hydrogen-bond donors (Lipinski definition) is 6. The molecule has 0 spiro atoms. The lowest BCUT2D eigenvalue weighted by atomic mass is 9.97. The molecule has 3 rings (SSSR count). The van der Waals surface area contributed by atoms with Crippen molar-refractivity contribution in [1.29, 1.82) is 0 Å². The van der Waals surface area contributed by atoms with Gasteiger partial charge in [0.2, 0.25) is 5.91 Å². The number of ether oxygens (including phenoxy) is 1. The van der Waals surface area contributed by atoms with Gasteiger partial charge < -0.3 is 36.0 Å². The third-order valence-corrected chi connectivity index (χ3v) is 7.94. The number of carboxylic acid groups (broad SMARTS) is 1. The van der Waals surface area contributed by atoms with Crippen LogP contribution in [0.15, 0.2) is 91.0 Å². The fourth-order valence-electron chi connectivity index (χ4n) is 5.56. The Hall–Kier alpha value is -4.45. The molecule has 0 saturated carbocycles. The zero-order valence-electron chi connectivity index (χ0n) is 29.1. The first kappa shape index (κ1) is 39.0. The summed E-state index contributed by atoms with van der Waals surface area (Å²) in [5.74, 6) is -0.876. The van der Waals surface area contributed by atoms with E-state index in [2.05, 4.69) is 16.0 Å². The minimum atomic E-state index is -1.22. The van der Waals surface area contributed by atoms with Crippen molar-refractivity contribution in [2.75, 3.05) is 13.1 Å². The van der Waals surface area contributed by atoms with Crippen molar-refractivity contribution in [2.24, 2.45) is 5.92 Å². The zero-order valence-corrected chi connectivity index (χ0v) is 29.1. The van der Waals surface area contributed by atoms with E-state index in [1.807, 2.05) is 78.9 Å². The molecular formula is C38H52N4O7. The van der Waals surface area contributed by atoms with Gasteiger partial charge >= 0.3 is 12.2 Å². The van der Waals surface area contributed by atoms with Crippen LogP contribution in [0.2, 0.25) is 0 Å². The topological polar surface area (TPSA) is 160 Å². The van der Waals surface area contributed by atoms with Gasteiger partial charge in [-0.3, -0.25) is 9.69 Å². The molecule has 0 radical (unpaired) electrons. The third kappa shape index (κ3) is 13.5. The van der Waals surface area contributed by atoms with Crippen molar-refractivity contribution in [3.8, 4) is 0 Å². The Balaban J connectivity index is 1.73. The molecule has 49 heavy (non-hydrogen) atoms. The van der Waals surface area contributed by atoms with E-state index in [9.17, 15) is 29.7 Å². The van der Waals surface area contributed by atoms with Crippen LogP contribution in [-0.4, -0.2) is 87.3 Å². The van der Waals surface area contributed by atoms with Crippen LogP contribution in [0.5, 0.6) is 0 Å². The van der Waals surface area contributed by atoms with Crippen LogP contribution < -0.4 is 16.0 Å². The van der Waals surface area contributed by atoms with Gasteiger partial charge in [0.25, 0.3) is 0 Å². The Morgan fingerprint density at radius 1 is 0.714 bits per heavy atom. The standard InChI is InChI=1S/C38H52N4O7/c1-26(2)34(42(37(47)48)25-29-19-13-8-14-20-29)35(45)40-30(21-27-15-9-6-10-16-27)32(43)23-39-24-33(44)31(22-28-17-11-7-12-18-28)41-36(46)49-38(3,4)5/h6-20,26,30-34,39,43-44H,21-25H2,1-5H3,(H,40,45)(H,41,46)(H,47,48)/t30-,31-,32+,33+,34-/m0/s1. The molecule has 5 atom stereocenters. The summed E-state index contributed by atoms with van der Waals surface area (Å²) >= 11 is 0. The molecule has 0 saturated heterocycles. The van der Waals surface area contributed by atoms with Crippen molar-refractivity contribution in [2.45, 2.75) is 89.9 Å². The number of benzene rings is 3. The summed E-state index contributed by atoms with van der Waals surface area (Å²) in [5, 5.41) is 41.5. The largest absolute Gasteiger partial charge is 0.465 e. The predicted molar refractivity (Wildman–Crippen MR) is 189 cm³/mol. The Bertz CT molecular complexity index is 1430. The first-order chi connectivity index (χ1) is 23.2. The highest BCUT2D eigenvalue weighted by Crippen LogP contribution is 2.18. The summed E-state index contributed by atoms with van der Waals surface area (Å²) in [4.78, 5) is 40.0. The van der Waals surface area contributed by atoms with Gasteiger partial charge in [0.15, 0.2) is 0 Å². The average Bonchev–Trinajstić information content (AvgIpc) is 3.04. The number of amides is 3. The third-order valence-electron chi connectivity index (χ3n) is 7.94. The van der Waals surface area contributed by atoms with Gasteiger partial charge in [-0.1, -0.05) is 105 Å². The van der Waals surface area contributed by atoms with Gasteiger partial charge in [-0.2, -0.15) is 0 Å². The predicted octanol–water partition coefficient (Wildman–Crippen LogP) is 4.37. The fraction of sp³-hybridized carbons (Fsp3) is 0.447. The van der Waals surface area contributed by atoms with Gasteiger partial charge in [-0.25, -0.2) is 9.59 Å². The SMILES string of the molecule is CC(C)[C@@H](C(=O)N[C@@H](Cc1ccccc1)[C@H](O)CNC[C@@H](O)[C@H](Cc1ccccc1)NC(=O)OC(C)(C)C)N(Cc1ccccc1)C(=O)O. The molecule has 0 unspecified atom stereocenters. The summed E-state index contributed by atoms with van der Waals surface area (Å²) in [6.07, 6.45) is -3.40. The molecule has 0 fully saturated rings. The van der Waals surface area contributed by atoms with E-state index in [4.69, 9.17) is 4.74 Å². The Kier molecular flexibility index (Phi) is 15.1. The molecule has 3 aromatic carbocycles. The smallest absolute Gasteiger partial charge is 0.408 e. The van der Waals surface area contributed by atoms with E-state index in [0.29, 0.717) is 6.42 Å². The molecule has 0 aromatic heterocycles. The second-order valence-corrected chi connectivity index (χ2v) is 13.6. The van der Waals surface area contributed by atoms with Gasteiger partial charge in [0.1, 0.15) is 11.6 Å². The highest BCUT2D eigenvalue weighted by atomic mass is 16.6. The maximum absolute atomic E-state index is 13.8. The lowest BCUT2D eigenvalue weighted by Crippen LogP contribution is -2.57. The van der Waals surface area contributed by atoms with Crippen LogP contribution in [0.3, 0.4) is 0 Å². The molecule has 3 amide bonds. The summed E-state index contributed by atoms with van der Waals surface area (Å²) in [6.45, 7) is 8.90. The minimum Gasteiger partial charge on any atom is -0.465 e. The van der Waals surface area contributed by atoms with Crippen molar-refractivity contribution in [3.05, 3.63) is 108 Å². The van der Waals surface area contributed by atoms with Crippen LogP contribution in [0.1, 0.15) is 51.3 Å². The molecule has 0 aliphatic carbocycles.